The standard InChI is InChI=1S/C16H18N4O2/c1-3-14-17-8-9-20(14)11-15-18-16(19-22-15)12-6-5-7-13(10-12)21-4-2/h5-10H,3-4,11H2,1-2H3. The van der Waals surface area contributed by atoms with Gasteiger partial charge in [0.1, 0.15) is 18.1 Å². The average molecular weight is 298 g/mol. The molecular formula is C16H18N4O2. The van der Waals surface area contributed by atoms with Crippen LogP contribution < -0.4 is 4.74 Å². The van der Waals surface area contributed by atoms with Crippen molar-refractivity contribution in [2.45, 2.75) is 26.8 Å². The predicted molar refractivity (Wildman–Crippen MR) is 81.6 cm³/mol. The second-order valence-electron chi connectivity index (χ2n) is 4.80. The largest absolute Gasteiger partial charge is 0.494 e. The minimum absolute atomic E-state index is 0.529. The molecular weight excluding hydrogens is 280 g/mol. The van der Waals surface area contributed by atoms with Crippen molar-refractivity contribution >= 4 is 0 Å². The number of aryl methyl sites for hydroxylation is 1. The smallest absolute Gasteiger partial charge is 0.246 e. The van der Waals surface area contributed by atoms with Crippen molar-refractivity contribution in [3.05, 3.63) is 48.4 Å². The van der Waals surface area contributed by atoms with Gasteiger partial charge in [-0.1, -0.05) is 24.2 Å². The Morgan fingerprint density at radius 3 is 3.00 bits per heavy atom. The van der Waals surface area contributed by atoms with E-state index in [1.165, 1.54) is 0 Å². The third-order valence-electron chi connectivity index (χ3n) is 3.29. The first-order valence-electron chi connectivity index (χ1n) is 7.36. The Kier molecular flexibility index (Phi) is 4.18. The number of rotatable bonds is 6. The number of ether oxygens (including phenoxy) is 1. The van der Waals surface area contributed by atoms with E-state index in [0.29, 0.717) is 24.9 Å². The Labute approximate surface area is 128 Å². The lowest BCUT2D eigenvalue weighted by molar-refractivity contribution is 0.340. The summed E-state index contributed by atoms with van der Waals surface area (Å²) in [5, 5.41) is 4.05. The van der Waals surface area contributed by atoms with Crippen LogP contribution in [0.4, 0.5) is 0 Å². The highest BCUT2D eigenvalue weighted by molar-refractivity contribution is 5.56. The van der Waals surface area contributed by atoms with Crippen molar-refractivity contribution in [1.29, 1.82) is 0 Å². The first kappa shape index (κ1) is 14.3. The summed E-state index contributed by atoms with van der Waals surface area (Å²) >= 11 is 0. The van der Waals surface area contributed by atoms with E-state index in [9.17, 15) is 0 Å². The predicted octanol–water partition coefficient (Wildman–Crippen LogP) is 2.94. The fraction of sp³-hybridized carbons (Fsp3) is 0.312. The van der Waals surface area contributed by atoms with Gasteiger partial charge in [0.05, 0.1) is 6.61 Å². The minimum Gasteiger partial charge on any atom is -0.494 e. The molecule has 0 atom stereocenters. The number of hydrogen-bond donors (Lipinski definition) is 0. The number of hydrogen-bond acceptors (Lipinski definition) is 5. The molecule has 114 valence electrons. The summed E-state index contributed by atoms with van der Waals surface area (Å²) in [7, 11) is 0. The Bertz CT molecular complexity index is 748. The van der Waals surface area contributed by atoms with Crippen LogP contribution in [0.25, 0.3) is 11.4 Å². The van der Waals surface area contributed by atoms with Crippen LogP contribution in [0.5, 0.6) is 5.75 Å². The van der Waals surface area contributed by atoms with Gasteiger partial charge in [0.2, 0.25) is 11.7 Å². The van der Waals surface area contributed by atoms with Gasteiger partial charge in [-0.15, -0.1) is 0 Å². The van der Waals surface area contributed by atoms with Crippen LogP contribution in [0.1, 0.15) is 25.6 Å². The fourth-order valence-corrected chi connectivity index (χ4v) is 2.27. The Morgan fingerprint density at radius 1 is 1.27 bits per heavy atom. The van der Waals surface area contributed by atoms with Crippen molar-refractivity contribution in [3.63, 3.8) is 0 Å². The first-order valence-corrected chi connectivity index (χ1v) is 7.36. The summed E-state index contributed by atoms with van der Waals surface area (Å²) in [6.45, 7) is 5.18. The van der Waals surface area contributed by atoms with Gasteiger partial charge in [-0.2, -0.15) is 4.98 Å². The molecule has 0 aliphatic rings. The molecule has 6 heteroatoms. The lowest BCUT2D eigenvalue weighted by Gasteiger charge is -2.03. The van der Waals surface area contributed by atoms with Gasteiger partial charge in [-0.3, -0.25) is 0 Å². The van der Waals surface area contributed by atoms with E-state index in [2.05, 4.69) is 22.0 Å². The van der Waals surface area contributed by atoms with E-state index >= 15 is 0 Å². The van der Waals surface area contributed by atoms with Crippen molar-refractivity contribution in [3.8, 4) is 17.1 Å². The van der Waals surface area contributed by atoms with E-state index in [-0.39, 0.29) is 0 Å². The fourth-order valence-electron chi connectivity index (χ4n) is 2.27. The summed E-state index contributed by atoms with van der Waals surface area (Å²) in [6, 6.07) is 7.67. The summed E-state index contributed by atoms with van der Waals surface area (Å²) in [6.07, 6.45) is 4.56. The maximum absolute atomic E-state index is 5.49. The molecule has 0 fully saturated rings. The Hall–Kier alpha value is -2.63. The molecule has 0 spiro atoms. The lowest BCUT2D eigenvalue weighted by atomic mass is 10.2. The van der Waals surface area contributed by atoms with Crippen LogP contribution in [0.15, 0.2) is 41.2 Å². The second kappa shape index (κ2) is 6.43. The summed E-state index contributed by atoms with van der Waals surface area (Å²) in [5.74, 6) is 2.92. The maximum Gasteiger partial charge on any atom is 0.246 e. The van der Waals surface area contributed by atoms with Crippen molar-refractivity contribution in [2.75, 3.05) is 6.61 Å². The average Bonchev–Trinajstić information content (AvgIpc) is 3.17. The van der Waals surface area contributed by atoms with Crippen LogP contribution in [-0.2, 0) is 13.0 Å². The number of imidazole rings is 1. The van der Waals surface area contributed by atoms with Crippen LogP contribution in [-0.4, -0.2) is 26.3 Å². The van der Waals surface area contributed by atoms with Gasteiger partial charge in [-0.05, 0) is 19.1 Å². The van der Waals surface area contributed by atoms with Crippen molar-refractivity contribution in [2.24, 2.45) is 0 Å². The van der Waals surface area contributed by atoms with Crippen LogP contribution in [0, 0.1) is 0 Å². The molecule has 22 heavy (non-hydrogen) atoms. The maximum atomic E-state index is 5.49. The summed E-state index contributed by atoms with van der Waals surface area (Å²) < 4.78 is 12.8. The van der Waals surface area contributed by atoms with E-state index < -0.39 is 0 Å². The van der Waals surface area contributed by atoms with E-state index in [4.69, 9.17) is 9.26 Å². The molecule has 0 radical (unpaired) electrons. The zero-order valence-corrected chi connectivity index (χ0v) is 12.7. The molecule has 0 aliphatic heterocycles. The zero-order chi connectivity index (χ0) is 15.4. The number of benzene rings is 1. The molecule has 0 amide bonds. The van der Waals surface area contributed by atoms with Gasteiger partial charge in [0.25, 0.3) is 0 Å². The minimum atomic E-state index is 0.529. The third-order valence-corrected chi connectivity index (χ3v) is 3.29. The molecule has 2 aromatic heterocycles. The molecule has 0 unspecified atom stereocenters. The number of nitrogens with zero attached hydrogens (tertiary/aromatic N) is 4. The van der Waals surface area contributed by atoms with Crippen LogP contribution >= 0.6 is 0 Å². The van der Waals surface area contributed by atoms with Crippen LogP contribution in [0.3, 0.4) is 0 Å². The molecule has 3 rings (SSSR count). The SMILES string of the molecule is CCOc1cccc(-c2noc(Cn3ccnc3CC)n2)c1. The summed E-state index contributed by atoms with van der Waals surface area (Å²) in [4.78, 5) is 8.73. The highest BCUT2D eigenvalue weighted by Gasteiger charge is 2.11. The van der Waals surface area contributed by atoms with Gasteiger partial charge in [0, 0.05) is 24.4 Å². The van der Waals surface area contributed by atoms with Gasteiger partial charge in [-0.25, -0.2) is 4.98 Å². The second-order valence-corrected chi connectivity index (χ2v) is 4.80. The third kappa shape index (κ3) is 3.00. The van der Waals surface area contributed by atoms with E-state index in [1.54, 1.807) is 6.20 Å². The molecule has 1 aromatic carbocycles. The van der Waals surface area contributed by atoms with Crippen molar-refractivity contribution in [1.82, 2.24) is 19.7 Å². The monoisotopic (exact) mass is 298 g/mol. The topological polar surface area (TPSA) is 66.0 Å². The molecule has 2 heterocycles. The molecule has 6 nitrogen and oxygen atoms in total. The lowest BCUT2D eigenvalue weighted by Crippen LogP contribution is -2.03. The van der Waals surface area contributed by atoms with Gasteiger partial charge in [0.15, 0.2) is 0 Å². The normalized spacial score (nSPS) is 10.8. The molecule has 0 N–H and O–H groups in total. The highest BCUT2D eigenvalue weighted by Crippen LogP contribution is 2.21. The molecule has 3 aromatic rings. The molecule has 0 bridgehead atoms. The molecule has 0 aliphatic carbocycles. The Balaban J connectivity index is 1.80. The zero-order valence-electron chi connectivity index (χ0n) is 12.7. The van der Waals surface area contributed by atoms with E-state index in [0.717, 1.165) is 23.6 Å². The number of aromatic nitrogens is 4. The van der Waals surface area contributed by atoms with Crippen LogP contribution in [0.2, 0.25) is 0 Å². The van der Waals surface area contributed by atoms with Crippen molar-refractivity contribution < 1.29 is 9.26 Å². The summed E-state index contributed by atoms with van der Waals surface area (Å²) in [5.41, 5.74) is 0.877. The molecule has 0 saturated carbocycles. The highest BCUT2D eigenvalue weighted by atomic mass is 16.5. The van der Waals surface area contributed by atoms with Gasteiger partial charge >= 0.3 is 0 Å². The molecule has 0 saturated heterocycles. The Morgan fingerprint density at radius 2 is 2.18 bits per heavy atom. The quantitative estimate of drug-likeness (QED) is 0.700. The van der Waals surface area contributed by atoms with Gasteiger partial charge < -0.3 is 13.8 Å². The van der Waals surface area contributed by atoms with E-state index in [1.807, 2.05) is 42.0 Å². The first-order chi connectivity index (χ1) is 10.8.